The van der Waals surface area contributed by atoms with Gasteiger partial charge >= 0.3 is 0 Å². The third kappa shape index (κ3) is 4.54. The van der Waals surface area contributed by atoms with E-state index in [1.165, 1.54) is 0 Å². The van der Waals surface area contributed by atoms with Crippen molar-refractivity contribution >= 4 is 23.1 Å². The van der Waals surface area contributed by atoms with Crippen molar-refractivity contribution in [3.8, 4) is 11.5 Å². The van der Waals surface area contributed by atoms with Crippen molar-refractivity contribution in [2.45, 2.75) is 0 Å². The summed E-state index contributed by atoms with van der Waals surface area (Å²) in [5.41, 5.74) is 2.84. The van der Waals surface area contributed by atoms with E-state index in [9.17, 15) is 9.59 Å². The molecule has 7 nitrogen and oxygen atoms in total. The standard InChI is InChI=1S/C26H24N2O5/c29-25(18-5-10-23-24(17-18)33-16-15-32-23)21-3-1-2-4-22(21)26(30)27-19-6-8-20(9-7-19)28-11-13-31-14-12-28/h1-10,17H,11-16H2,(H,27,30). The summed E-state index contributed by atoms with van der Waals surface area (Å²) in [6.07, 6.45) is 0. The van der Waals surface area contributed by atoms with Crippen molar-refractivity contribution in [3.05, 3.63) is 83.4 Å². The summed E-state index contributed by atoms with van der Waals surface area (Å²) >= 11 is 0. The van der Waals surface area contributed by atoms with Crippen molar-refractivity contribution in [1.82, 2.24) is 0 Å². The van der Waals surface area contributed by atoms with E-state index in [0.717, 1.165) is 18.8 Å². The highest BCUT2D eigenvalue weighted by Crippen LogP contribution is 2.32. The number of rotatable bonds is 5. The highest BCUT2D eigenvalue weighted by Gasteiger charge is 2.21. The average Bonchev–Trinajstić information content (AvgIpc) is 2.89. The number of carbonyl (C=O) groups is 2. The van der Waals surface area contributed by atoms with E-state index in [4.69, 9.17) is 14.2 Å². The Morgan fingerprint density at radius 3 is 2.21 bits per heavy atom. The summed E-state index contributed by atoms with van der Waals surface area (Å²) < 4.78 is 16.5. The minimum Gasteiger partial charge on any atom is -0.486 e. The second kappa shape index (κ2) is 9.34. The largest absolute Gasteiger partial charge is 0.486 e. The Kier molecular flexibility index (Phi) is 5.95. The van der Waals surface area contributed by atoms with Crippen LogP contribution in [0.4, 0.5) is 11.4 Å². The van der Waals surface area contributed by atoms with E-state index in [1.54, 1.807) is 42.5 Å². The summed E-state index contributed by atoms with van der Waals surface area (Å²) in [4.78, 5) is 28.5. The molecule has 2 heterocycles. The molecule has 0 bridgehead atoms. The van der Waals surface area contributed by atoms with Gasteiger partial charge in [0, 0.05) is 35.6 Å². The second-order valence-corrected chi connectivity index (χ2v) is 7.83. The Labute approximate surface area is 191 Å². The van der Waals surface area contributed by atoms with Gasteiger partial charge in [0.25, 0.3) is 5.91 Å². The van der Waals surface area contributed by atoms with Crippen molar-refractivity contribution < 1.29 is 23.8 Å². The van der Waals surface area contributed by atoms with Crippen LogP contribution in [0, 0.1) is 0 Å². The van der Waals surface area contributed by atoms with Gasteiger partial charge in [0.2, 0.25) is 0 Å². The summed E-state index contributed by atoms with van der Waals surface area (Å²) in [5.74, 6) is 0.565. The van der Waals surface area contributed by atoms with Crippen molar-refractivity contribution in [2.24, 2.45) is 0 Å². The molecule has 0 atom stereocenters. The van der Waals surface area contributed by atoms with E-state index in [-0.39, 0.29) is 11.7 Å². The predicted molar refractivity (Wildman–Crippen MR) is 125 cm³/mol. The number of benzene rings is 3. The molecule has 1 amide bonds. The minimum absolute atomic E-state index is 0.250. The minimum atomic E-state index is -0.337. The molecule has 7 heteroatoms. The monoisotopic (exact) mass is 444 g/mol. The lowest BCUT2D eigenvalue weighted by Crippen LogP contribution is -2.36. The third-order valence-electron chi connectivity index (χ3n) is 5.72. The zero-order chi connectivity index (χ0) is 22.6. The van der Waals surface area contributed by atoms with Gasteiger partial charge in [-0.3, -0.25) is 9.59 Å². The number of hydrogen-bond acceptors (Lipinski definition) is 6. The molecule has 2 aliphatic rings. The van der Waals surface area contributed by atoms with E-state index in [1.807, 2.05) is 24.3 Å². The zero-order valence-corrected chi connectivity index (χ0v) is 18.1. The van der Waals surface area contributed by atoms with Crippen LogP contribution < -0.4 is 19.7 Å². The Morgan fingerprint density at radius 1 is 0.758 bits per heavy atom. The summed E-state index contributed by atoms with van der Waals surface area (Å²) in [7, 11) is 0. The maximum atomic E-state index is 13.2. The van der Waals surface area contributed by atoms with Gasteiger partial charge in [-0.15, -0.1) is 0 Å². The lowest BCUT2D eigenvalue weighted by molar-refractivity contribution is 0.0996. The molecule has 3 aromatic carbocycles. The predicted octanol–water partition coefficient (Wildman–Crippen LogP) is 3.78. The summed E-state index contributed by atoms with van der Waals surface area (Å²) in [5, 5.41) is 2.91. The van der Waals surface area contributed by atoms with Crippen LogP contribution in [0.5, 0.6) is 11.5 Å². The maximum absolute atomic E-state index is 13.2. The molecule has 33 heavy (non-hydrogen) atoms. The van der Waals surface area contributed by atoms with E-state index in [0.29, 0.717) is 60.3 Å². The van der Waals surface area contributed by atoms with Gasteiger partial charge in [-0.05, 0) is 48.5 Å². The van der Waals surface area contributed by atoms with Crippen LogP contribution in [-0.4, -0.2) is 51.2 Å². The van der Waals surface area contributed by atoms with Gasteiger partial charge in [-0.1, -0.05) is 18.2 Å². The first kappa shape index (κ1) is 21.0. The maximum Gasteiger partial charge on any atom is 0.256 e. The first-order chi connectivity index (χ1) is 16.2. The molecule has 1 saturated heterocycles. The summed E-state index contributed by atoms with van der Waals surface area (Å²) in [6, 6.07) is 19.6. The highest BCUT2D eigenvalue weighted by atomic mass is 16.6. The Hall–Kier alpha value is -3.84. The third-order valence-corrected chi connectivity index (χ3v) is 5.72. The molecular formula is C26H24N2O5. The molecule has 3 aromatic rings. The summed E-state index contributed by atoms with van der Waals surface area (Å²) in [6.45, 7) is 4.05. The number of amides is 1. The number of fused-ring (bicyclic) bond motifs is 1. The number of nitrogens with zero attached hydrogens (tertiary/aromatic N) is 1. The van der Waals surface area contributed by atoms with Crippen molar-refractivity contribution in [2.75, 3.05) is 49.7 Å². The normalized spacial score (nSPS) is 15.1. The van der Waals surface area contributed by atoms with Gasteiger partial charge in [0.05, 0.1) is 18.8 Å². The number of carbonyl (C=O) groups excluding carboxylic acids is 2. The molecule has 2 aliphatic heterocycles. The molecule has 5 rings (SSSR count). The fourth-order valence-electron chi connectivity index (χ4n) is 3.99. The van der Waals surface area contributed by atoms with Gasteiger partial charge in [0.15, 0.2) is 17.3 Å². The Bertz CT molecular complexity index is 1170. The lowest BCUT2D eigenvalue weighted by Gasteiger charge is -2.28. The number of ether oxygens (including phenoxy) is 3. The SMILES string of the molecule is O=C(Nc1ccc(N2CCOCC2)cc1)c1ccccc1C(=O)c1ccc2c(c1)OCCO2. The number of nitrogens with one attached hydrogen (secondary N) is 1. The molecule has 1 N–H and O–H groups in total. The lowest BCUT2D eigenvalue weighted by atomic mass is 9.97. The molecular weight excluding hydrogens is 420 g/mol. The topological polar surface area (TPSA) is 77.1 Å². The molecule has 0 radical (unpaired) electrons. The van der Waals surface area contributed by atoms with Crippen LogP contribution >= 0.6 is 0 Å². The zero-order valence-electron chi connectivity index (χ0n) is 18.1. The van der Waals surface area contributed by atoms with Gasteiger partial charge in [-0.25, -0.2) is 0 Å². The smallest absolute Gasteiger partial charge is 0.256 e. The Morgan fingerprint density at radius 2 is 1.45 bits per heavy atom. The first-order valence-electron chi connectivity index (χ1n) is 11.0. The molecule has 0 unspecified atom stereocenters. The fraction of sp³-hybridized carbons (Fsp3) is 0.231. The number of hydrogen-bond donors (Lipinski definition) is 1. The van der Waals surface area contributed by atoms with Gasteiger partial charge in [-0.2, -0.15) is 0 Å². The average molecular weight is 444 g/mol. The fourth-order valence-corrected chi connectivity index (χ4v) is 3.99. The quantitative estimate of drug-likeness (QED) is 0.604. The first-order valence-corrected chi connectivity index (χ1v) is 11.0. The number of morpholine rings is 1. The van der Waals surface area contributed by atoms with Gasteiger partial charge in [0.1, 0.15) is 13.2 Å². The molecule has 0 aromatic heterocycles. The molecule has 1 fully saturated rings. The van der Waals surface area contributed by atoms with Crippen LogP contribution in [0.2, 0.25) is 0 Å². The van der Waals surface area contributed by atoms with Crippen molar-refractivity contribution in [3.63, 3.8) is 0 Å². The van der Waals surface area contributed by atoms with Crippen LogP contribution in [0.3, 0.4) is 0 Å². The molecule has 168 valence electrons. The van der Waals surface area contributed by atoms with Crippen LogP contribution in [0.15, 0.2) is 66.7 Å². The Balaban J connectivity index is 1.34. The highest BCUT2D eigenvalue weighted by molar-refractivity contribution is 6.17. The van der Waals surface area contributed by atoms with E-state index in [2.05, 4.69) is 10.2 Å². The van der Waals surface area contributed by atoms with Crippen LogP contribution in [0.1, 0.15) is 26.3 Å². The number of anilines is 2. The number of ketones is 1. The van der Waals surface area contributed by atoms with Crippen LogP contribution in [-0.2, 0) is 4.74 Å². The van der Waals surface area contributed by atoms with Crippen LogP contribution in [0.25, 0.3) is 0 Å². The molecule has 0 saturated carbocycles. The second-order valence-electron chi connectivity index (χ2n) is 7.83. The van der Waals surface area contributed by atoms with Gasteiger partial charge < -0.3 is 24.4 Å². The van der Waals surface area contributed by atoms with Crippen molar-refractivity contribution in [1.29, 1.82) is 0 Å². The van der Waals surface area contributed by atoms with E-state index < -0.39 is 0 Å². The molecule has 0 spiro atoms. The molecule has 0 aliphatic carbocycles. The van der Waals surface area contributed by atoms with E-state index >= 15 is 0 Å².